The summed E-state index contributed by atoms with van der Waals surface area (Å²) < 4.78 is 5.48. The van der Waals surface area contributed by atoms with Crippen LogP contribution >= 0.6 is 0 Å². The maximum absolute atomic E-state index is 12.0. The summed E-state index contributed by atoms with van der Waals surface area (Å²) in [5.41, 5.74) is 5.33. The van der Waals surface area contributed by atoms with Crippen molar-refractivity contribution in [3.8, 4) is 0 Å². The summed E-state index contributed by atoms with van der Waals surface area (Å²) in [6.45, 7) is 0. The summed E-state index contributed by atoms with van der Waals surface area (Å²) in [6, 6.07) is 17.3. The molecule has 0 aliphatic heterocycles. The van der Waals surface area contributed by atoms with E-state index in [0.29, 0.717) is 5.58 Å². The van der Waals surface area contributed by atoms with E-state index in [1.807, 2.05) is 73.6 Å². The Balaban J connectivity index is 1.56. The van der Waals surface area contributed by atoms with Crippen molar-refractivity contribution < 1.29 is 9.21 Å². The molecule has 0 spiro atoms. The number of furan rings is 1. The van der Waals surface area contributed by atoms with Gasteiger partial charge in [0.05, 0.1) is 0 Å². The van der Waals surface area contributed by atoms with Gasteiger partial charge in [0.25, 0.3) is 0 Å². The molecule has 0 saturated carbocycles. The minimum atomic E-state index is -0.379. The highest BCUT2D eigenvalue weighted by atomic mass is 16.3. The first-order valence-electron chi connectivity index (χ1n) is 7.89. The Morgan fingerprint density at radius 2 is 1.88 bits per heavy atom. The average Bonchev–Trinajstić information content (AvgIpc) is 3.06. The largest absolute Gasteiger partial charge is 0.451 e. The van der Waals surface area contributed by atoms with Crippen LogP contribution in [0.1, 0.15) is 16.1 Å². The lowest BCUT2D eigenvalue weighted by atomic mass is 10.2. The van der Waals surface area contributed by atoms with Crippen molar-refractivity contribution in [1.29, 1.82) is 0 Å². The quantitative estimate of drug-likeness (QED) is 0.568. The van der Waals surface area contributed by atoms with Crippen molar-refractivity contribution in [1.82, 2.24) is 5.43 Å². The minimum absolute atomic E-state index is 0.238. The molecule has 2 aromatic carbocycles. The summed E-state index contributed by atoms with van der Waals surface area (Å²) in [5, 5.41) is 4.79. The van der Waals surface area contributed by atoms with E-state index >= 15 is 0 Å². The van der Waals surface area contributed by atoms with Gasteiger partial charge in [0, 0.05) is 31.4 Å². The number of benzene rings is 2. The third kappa shape index (κ3) is 4.14. The highest BCUT2D eigenvalue weighted by Gasteiger charge is 2.10. The van der Waals surface area contributed by atoms with Crippen LogP contribution in [0, 0.1) is 0 Å². The standard InChI is InChI=1S/C20H19N3O2/c1-23(2)17-11-9-15(10-12-17)6-5-13-21-22-20(24)19-14-16-7-3-4-8-18(16)25-19/h3-14H,1-2H3,(H,22,24)/b6-5+,21-13+. The maximum atomic E-state index is 12.0. The smallest absolute Gasteiger partial charge is 0.307 e. The molecular formula is C20H19N3O2. The van der Waals surface area contributed by atoms with Crippen LogP contribution in [-0.4, -0.2) is 26.2 Å². The van der Waals surface area contributed by atoms with Crippen molar-refractivity contribution in [3.63, 3.8) is 0 Å². The average molecular weight is 333 g/mol. The molecule has 126 valence electrons. The van der Waals surface area contributed by atoms with Crippen molar-refractivity contribution in [2.24, 2.45) is 5.10 Å². The number of anilines is 1. The van der Waals surface area contributed by atoms with E-state index in [1.54, 1.807) is 12.1 Å². The molecule has 0 unspecified atom stereocenters. The number of hydrazone groups is 1. The van der Waals surface area contributed by atoms with Crippen molar-refractivity contribution in [3.05, 3.63) is 72.0 Å². The molecular weight excluding hydrogens is 314 g/mol. The summed E-state index contributed by atoms with van der Waals surface area (Å²) in [5.74, 6) is -0.141. The van der Waals surface area contributed by atoms with Crippen molar-refractivity contribution in [2.45, 2.75) is 0 Å². The first-order valence-corrected chi connectivity index (χ1v) is 7.89. The summed E-state index contributed by atoms with van der Waals surface area (Å²) in [4.78, 5) is 14.0. The van der Waals surface area contributed by atoms with Crippen molar-refractivity contribution in [2.75, 3.05) is 19.0 Å². The number of fused-ring (bicyclic) bond motifs is 1. The van der Waals surface area contributed by atoms with Crippen LogP contribution in [0.15, 0.2) is 70.2 Å². The highest BCUT2D eigenvalue weighted by molar-refractivity contribution is 5.96. The second-order valence-corrected chi connectivity index (χ2v) is 5.71. The van der Waals surface area contributed by atoms with E-state index in [1.165, 1.54) is 6.21 Å². The number of nitrogens with one attached hydrogen (secondary N) is 1. The van der Waals surface area contributed by atoms with Gasteiger partial charge in [-0.05, 0) is 35.9 Å². The van der Waals surface area contributed by atoms with E-state index in [4.69, 9.17) is 4.42 Å². The van der Waals surface area contributed by atoms with Gasteiger partial charge in [0.2, 0.25) is 0 Å². The zero-order valence-electron chi connectivity index (χ0n) is 14.1. The Bertz CT molecular complexity index is 889. The van der Waals surface area contributed by atoms with Gasteiger partial charge in [0.15, 0.2) is 5.76 Å². The van der Waals surface area contributed by atoms with Crippen LogP contribution in [0.25, 0.3) is 17.0 Å². The van der Waals surface area contributed by atoms with Gasteiger partial charge in [-0.3, -0.25) is 4.79 Å². The molecule has 5 nitrogen and oxygen atoms in total. The zero-order chi connectivity index (χ0) is 17.6. The number of para-hydroxylation sites is 1. The SMILES string of the molecule is CN(C)c1ccc(/C=C/C=N/NC(=O)c2cc3ccccc3o2)cc1. The number of carbonyl (C=O) groups excluding carboxylic acids is 1. The third-order valence-corrected chi connectivity index (χ3v) is 3.67. The normalized spacial score (nSPS) is 11.4. The number of allylic oxidation sites excluding steroid dienone is 1. The Morgan fingerprint density at radius 3 is 2.60 bits per heavy atom. The van der Waals surface area contributed by atoms with Crippen molar-refractivity contribution >= 4 is 34.9 Å². The van der Waals surface area contributed by atoms with Gasteiger partial charge >= 0.3 is 5.91 Å². The molecule has 0 aliphatic rings. The number of hydrogen-bond donors (Lipinski definition) is 1. The van der Waals surface area contributed by atoms with Gasteiger partial charge in [-0.2, -0.15) is 5.10 Å². The lowest BCUT2D eigenvalue weighted by Crippen LogP contribution is -2.16. The maximum Gasteiger partial charge on any atom is 0.307 e. The van der Waals surface area contributed by atoms with E-state index in [2.05, 4.69) is 10.5 Å². The van der Waals surface area contributed by atoms with Gasteiger partial charge in [-0.1, -0.05) is 36.4 Å². The topological polar surface area (TPSA) is 57.8 Å². The summed E-state index contributed by atoms with van der Waals surface area (Å²) >= 11 is 0. The second kappa shape index (κ2) is 7.49. The van der Waals surface area contributed by atoms with Gasteiger partial charge < -0.3 is 9.32 Å². The fourth-order valence-corrected chi connectivity index (χ4v) is 2.33. The van der Waals surface area contributed by atoms with Crippen LogP contribution in [0.2, 0.25) is 0 Å². The molecule has 0 bridgehead atoms. The molecule has 1 N–H and O–H groups in total. The van der Waals surface area contributed by atoms with E-state index in [0.717, 1.165) is 16.6 Å². The molecule has 0 fully saturated rings. The van der Waals surface area contributed by atoms with Crippen LogP contribution in [-0.2, 0) is 0 Å². The summed E-state index contributed by atoms with van der Waals surface area (Å²) in [7, 11) is 4.00. The lowest BCUT2D eigenvalue weighted by Gasteiger charge is -2.11. The van der Waals surface area contributed by atoms with Gasteiger partial charge in [-0.25, -0.2) is 5.43 Å². The number of amides is 1. The first kappa shape index (κ1) is 16.5. The van der Waals surface area contributed by atoms with E-state index < -0.39 is 0 Å². The molecule has 3 rings (SSSR count). The molecule has 25 heavy (non-hydrogen) atoms. The molecule has 5 heteroatoms. The number of nitrogens with zero attached hydrogens (tertiary/aromatic N) is 2. The number of hydrogen-bond acceptors (Lipinski definition) is 4. The monoisotopic (exact) mass is 333 g/mol. The fraction of sp³-hybridized carbons (Fsp3) is 0.100. The molecule has 1 aromatic heterocycles. The van der Waals surface area contributed by atoms with E-state index in [9.17, 15) is 4.79 Å². The Kier molecular flexibility index (Phi) is 4.95. The van der Waals surface area contributed by atoms with Crippen LogP contribution in [0.4, 0.5) is 5.69 Å². The Morgan fingerprint density at radius 1 is 1.12 bits per heavy atom. The fourth-order valence-electron chi connectivity index (χ4n) is 2.33. The molecule has 0 radical (unpaired) electrons. The molecule has 0 aliphatic carbocycles. The van der Waals surface area contributed by atoms with Gasteiger partial charge in [-0.15, -0.1) is 0 Å². The Hall–Kier alpha value is -3.34. The van der Waals surface area contributed by atoms with Crippen LogP contribution < -0.4 is 10.3 Å². The molecule has 0 saturated heterocycles. The predicted octanol–water partition coefficient (Wildman–Crippen LogP) is 3.93. The second-order valence-electron chi connectivity index (χ2n) is 5.71. The number of carbonyl (C=O) groups is 1. The zero-order valence-corrected chi connectivity index (χ0v) is 14.1. The molecule has 1 heterocycles. The van der Waals surface area contributed by atoms with Crippen LogP contribution in [0.3, 0.4) is 0 Å². The number of rotatable bonds is 5. The minimum Gasteiger partial charge on any atom is -0.451 e. The molecule has 3 aromatic rings. The van der Waals surface area contributed by atoms with Gasteiger partial charge in [0.1, 0.15) is 5.58 Å². The predicted molar refractivity (Wildman–Crippen MR) is 102 cm³/mol. The summed E-state index contributed by atoms with van der Waals surface area (Å²) in [6.07, 6.45) is 5.21. The van der Waals surface area contributed by atoms with E-state index in [-0.39, 0.29) is 11.7 Å². The van der Waals surface area contributed by atoms with Crippen LogP contribution in [0.5, 0.6) is 0 Å². The molecule has 1 amide bonds. The molecule has 0 atom stereocenters. The Labute approximate surface area is 146 Å². The first-order chi connectivity index (χ1) is 12.1. The highest BCUT2D eigenvalue weighted by Crippen LogP contribution is 2.18. The lowest BCUT2D eigenvalue weighted by molar-refractivity contribution is 0.0929. The third-order valence-electron chi connectivity index (χ3n) is 3.67.